The lowest BCUT2D eigenvalue weighted by atomic mass is 10.3. The van der Waals surface area contributed by atoms with Crippen molar-refractivity contribution in [3.8, 4) is 5.75 Å². The maximum atomic E-state index is 11.0. The van der Waals surface area contributed by atoms with Gasteiger partial charge in [-0.25, -0.2) is 4.99 Å². The molecule has 0 amide bonds. The molecule has 0 spiro atoms. The maximum absolute atomic E-state index is 11.0. The van der Waals surface area contributed by atoms with Crippen molar-refractivity contribution in [2.75, 3.05) is 0 Å². The summed E-state index contributed by atoms with van der Waals surface area (Å²) in [5.41, 5.74) is 0.751. The summed E-state index contributed by atoms with van der Waals surface area (Å²) in [6, 6.07) is 7.35. The van der Waals surface area contributed by atoms with E-state index in [1.807, 2.05) is 18.2 Å². The van der Waals surface area contributed by atoms with Crippen LogP contribution in [0.1, 0.15) is 13.3 Å². The van der Waals surface area contributed by atoms with Crippen molar-refractivity contribution in [1.29, 1.82) is 0 Å². The van der Waals surface area contributed by atoms with E-state index in [0.717, 1.165) is 5.69 Å². The molecule has 4 heteroatoms. The van der Waals surface area contributed by atoms with Gasteiger partial charge < -0.3 is 9.47 Å². The highest BCUT2D eigenvalue weighted by atomic mass is 16.7. The molecular weight excluding hydrogens is 194 g/mol. The molecule has 1 aromatic rings. The van der Waals surface area contributed by atoms with Crippen LogP contribution in [0.5, 0.6) is 5.75 Å². The van der Waals surface area contributed by atoms with Crippen molar-refractivity contribution in [1.82, 2.24) is 0 Å². The summed E-state index contributed by atoms with van der Waals surface area (Å²) in [6.45, 7) is 1.73. The number of esters is 1. The van der Waals surface area contributed by atoms with Crippen molar-refractivity contribution in [3.05, 3.63) is 24.3 Å². The lowest BCUT2D eigenvalue weighted by Crippen LogP contribution is -2.27. The molecule has 1 aliphatic rings. The molecule has 15 heavy (non-hydrogen) atoms. The van der Waals surface area contributed by atoms with Crippen LogP contribution in [0.25, 0.3) is 0 Å². The molecule has 0 saturated heterocycles. The first-order chi connectivity index (χ1) is 7.29. The highest BCUT2D eigenvalue weighted by Gasteiger charge is 2.18. The quantitative estimate of drug-likeness (QED) is 0.694. The SMILES string of the molecule is CCC(=O)OC1C=Nc2ccccc2O1. The normalized spacial score (nSPS) is 17.8. The molecular formula is C11H11NO3. The predicted octanol–water partition coefficient (Wildman–Crippen LogP) is 2.06. The average molecular weight is 205 g/mol. The molecule has 1 unspecified atom stereocenters. The minimum Gasteiger partial charge on any atom is -0.447 e. The van der Waals surface area contributed by atoms with Gasteiger partial charge in [0.1, 0.15) is 11.4 Å². The first-order valence-corrected chi connectivity index (χ1v) is 4.79. The summed E-state index contributed by atoms with van der Waals surface area (Å²) in [5.74, 6) is 0.333. The molecule has 1 heterocycles. The third-order valence-corrected chi connectivity index (χ3v) is 1.98. The van der Waals surface area contributed by atoms with Crippen molar-refractivity contribution in [3.63, 3.8) is 0 Å². The summed E-state index contributed by atoms with van der Waals surface area (Å²) in [5, 5.41) is 0. The van der Waals surface area contributed by atoms with Gasteiger partial charge in [-0.3, -0.25) is 4.79 Å². The third kappa shape index (κ3) is 2.15. The minimum absolute atomic E-state index is 0.300. The van der Waals surface area contributed by atoms with Gasteiger partial charge in [-0.1, -0.05) is 19.1 Å². The lowest BCUT2D eigenvalue weighted by Gasteiger charge is -2.19. The Morgan fingerprint density at radius 3 is 3.13 bits per heavy atom. The number of benzene rings is 1. The predicted molar refractivity (Wildman–Crippen MR) is 55.4 cm³/mol. The van der Waals surface area contributed by atoms with Crippen LogP contribution >= 0.6 is 0 Å². The van der Waals surface area contributed by atoms with Crippen molar-refractivity contribution in [2.24, 2.45) is 4.99 Å². The molecule has 0 aromatic heterocycles. The number of rotatable bonds is 2. The second-order valence-electron chi connectivity index (χ2n) is 3.08. The maximum Gasteiger partial charge on any atom is 0.308 e. The van der Waals surface area contributed by atoms with Gasteiger partial charge in [0.15, 0.2) is 0 Å². The van der Waals surface area contributed by atoms with E-state index < -0.39 is 6.29 Å². The first-order valence-electron chi connectivity index (χ1n) is 4.79. The van der Waals surface area contributed by atoms with Gasteiger partial charge in [-0.05, 0) is 12.1 Å². The van der Waals surface area contributed by atoms with Crippen LogP contribution < -0.4 is 4.74 Å². The number of carbonyl (C=O) groups is 1. The topological polar surface area (TPSA) is 47.9 Å². The molecule has 78 valence electrons. The lowest BCUT2D eigenvalue weighted by molar-refractivity contribution is -0.155. The minimum atomic E-state index is -0.702. The Labute approximate surface area is 87.5 Å². The van der Waals surface area contributed by atoms with Crippen LogP contribution in [0.15, 0.2) is 29.3 Å². The first kappa shape index (κ1) is 9.71. The monoisotopic (exact) mass is 205 g/mol. The van der Waals surface area contributed by atoms with Gasteiger partial charge in [0.2, 0.25) is 0 Å². The number of nitrogens with zero attached hydrogens (tertiary/aromatic N) is 1. The van der Waals surface area contributed by atoms with Crippen LogP contribution in [0.4, 0.5) is 5.69 Å². The Morgan fingerprint density at radius 2 is 2.33 bits per heavy atom. The molecule has 0 saturated carbocycles. The highest BCUT2D eigenvalue weighted by molar-refractivity contribution is 5.76. The molecule has 0 radical (unpaired) electrons. The van der Waals surface area contributed by atoms with Crippen molar-refractivity contribution in [2.45, 2.75) is 19.6 Å². The van der Waals surface area contributed by atoms with E-state index in [9.17, 15) is 4.79 Å². The van der Waals surface area contributed by atoms with E-state index in [1.54, 1.807) is 13.0 Å². The van der Waals surface area contributed by atoms with Crippen LogP contribution in [0.3, 0.4) is 0 Å². The van der Waals surface area contributed by atoms with Gasteiger partial charge in [0.25, 0.3) is 6.29 Å². The van der Waals surface area contributed by atoms with E-state index in [-0.39, 0.29) is 5.97 Å². The Kier molecular flexibility index (Phi) is 2.67. The van der Waals surface area contributed by atoms with Gasteiger partial charge in [0.05, 0.1) is 6.21 Å². The Bertz CT molecular complexity index is 401. The molecule has 0 N–H and O–H groups in total. The second kappa shape index (κ2) is 4.13. The number of carbonyl (C=O) groups excluding carboxylic acids is 1. The molecule has 4 nitrogen and oxygen atoms in total. The van der Waals surface area contributed by atoms with E-state index in [0.29, 0.717) is 12.2 Å². The van der Waals surface area contributed by atoms with Gasteiger partial charge >= 0.3 is 5.97 Å². The molecule has 0 fully saturated rings. The van der Waals surface area contributed by atoms with Crippen LogP contribution in [0, 0.1) is 0 Å². The van der Waals surface area contributed by atoms with E-state index in [2.05, 4.69) is 4.99 Å². The zero-order chi connectivity index (χ0) is 10.7. The fraction of sp³-hybridized carbons (Fsp3) is 0.273. The molecule has 2 rings (SSSR count). The molecule has 1 aliphatic heterocycles. The molecule has 1 aromatic carbocycles. The third-order valence-electron chi connectivity index (χ3n) is 1.98. The summed E-state index contributed by atoms with van der Waals surface area (Å²) in [4.78, 5) is 15.2. The second-order valence-corrected chi connectivity index (χ2v) is 3.08. The Balaban J connectivity index is 2.09. The standard InChI is InChI=1S/C11H11NO3/c1-2-10(13)15-11-7-12-8-5-3-4-6-9(8)14-11/h3-7,11H,2H2,1H3. The van der Waals surface area contributed by atoms with Gasteiger partial charge in [-0.2, -0.15) is 0 Å². The van der Waals surface area contributed by atoms with E-state index in [4.69, 9.17) is 9.47 Å². The summed E-state index contributed by atoms with van der Waals surface area (Å²) in [7, 11) is 0. The number of aliphatic imine (C=N–C) groups is 1. The fourth-order valence-corrected chi connectivity index (χ4v) is 1.23. The van der Waals surface area contributed by atoms with Gasteiger partial charge in [-0.15, -0.1) is 0 Å². The smallest absolute Gasteiger partial charge is 0.308 e. The van der Waals surface area contributed by atoms with Crippen LogP contribution in [-0.2, 0) is 9.53 Å². The Hall–Kier alpha value is -1.84. The number of ether oxygens (including phenoxy) is 2. The molecule has 1 atom stereocenters. The van der Waals surface area contributed by atoms with E-state index in [1.165, 1.54) is 6.21 Å². The number of hydrogen-bond donors (Lipinski definition) is 0. The number of para-hydroxylation sites is 2. The summed E-state index contributed by atoms with van der Waals surface area (Å²) in [6.07, 6.45) is 1.11. The molecule has 0 aliphatic carbocycles. The average Bonchev–Trinajstić information content (AvgIpc) is 2.29. The Morgan fingerprint density at radius 1 is 1.53 bits per heavy atom. The van der Waals surface area contributed by atoms with Crippen molar-refractivity contribution >= 4 is 17.9 Å². The van der Waals surface area contributed by atoms with Crippen LogP contribution in [0.2, 0.25) is 0 Å². The highest BCUT2D eigenvalue weighted by Crippen LogP contribution is 2.30. The van der Waals surface area contributed by atoms with Crippen LogP contribution in [-0.4, -0.2) is 18.5 Å². The summed E-state index contributed by atoms with van der Waals surface area (Å²) >= 11 is 0. The largest absolute Gasteiger partial charge is 0.447 e. The summed E-state index contributed by atoms with van der Waals surface area (Å²) < 4.78 is 10.4. The number of hydrogen-bond acceptors (Lipinski definition) is 4. The zero-order valence-corrected chi connectivity index (χ0v) is 8.34. The number of fused-ring (bicyclic) bond motifs is 1. The van der Waals surface area contributed by atoms with E-state index >= 15 is 0 Å². The van der Waals surface area contributed by atoms with Crippen molar-refractivity contribution < 1.29 is 14.3 Å². The molecule has 0 bridgehead atoms. The fourth-order valence-electron chi connectivity index (χ4n) is 1.23. The zero-order valence-electron chi connectivity index (χ0n) is 8.34. The van der Waals surface area contributed by atoms with Gasteiger partial charge in [0, 0.05) is 6.42 Å².